The number of carbonyl (C=O) groups is 1. The number of hydrogen-bond acceptors (Lipinski definition) is 3. The first kappa shape index (κ1) is 15.2. The number of aromatic nitrogens is 1. The van der Waals surface area contributed by atoms with Gasteiger partial charge in [-0.25, -0.2) is 0 Å². The van der Waals surface area contributed by atoms with Gasteiger partial charge < -0.3 is 11.1 Å². The molecule has 4 nitrogen and oxygen atoms in total. The molecule has 21 heavy (non-hydrogen) atoms. The lowest BCUT2D eigenvalue weighted by molar-refractivity contribution is 0.0963. The Hall–Kier alpha value is -2.20. The molecule has 2 rings (SSSR count). The Kier molecular flexibility index (Phi) is 4.38. The van der Waals surface area contributed by atoms with Gasteiger partial charge in [0.15, 0.2) is 0 Å². The van der Waals surface area contributed by atoms with Gasteiger partial charge in [-0.1, -0.05) is 32.0 Å². The van der Waals surface area contributed by atoms with Gasteiger partial charge in [-0.05, 0) is 28.8 Å². The highest BCUT2D eigenvalue weighted by molar-refractivity contribution is 6.01. The van der Waals surface area contributed by atoms with Crippen molar-refractivity contribution in [2.75, 3.05) is 13.6 Å². The molecule has 2 aromatic rings. The Morgan fingerprint density at radius 2 is 1.95 bits per heavy atom. The molecule has 0 aliphatic carbocycles. The normalized spacial score (nSPS) is 11.2. The zero-order valence-corrected chi connectivity index (χ0v) is 12.7. The first-order valence-corrected chi connectivity index (χ1v) is 6.97. The second-order valence-electron chi connectivity index (χ2n) is 5.63. The average molecular weight is 283 g/mol. The van der Waals surface area contributed by atoms with E-state index in [4.69, 9.17) is 5.73 Å². The topological polar surface area (TPSA) is 68.0 Å². The van der Waals surface area contributed by atoms with Gasteiger partial charge in [-0.3, -0.25) is 9.78 Å². The van der Waals surface area contributed by atoms with Crippen molar-refractivity contribution >= 4 is 5.91 Å². The molecule has 0 fully saturated rings. The van der Waals surface area contributed by atoms with Gasteiger partial charge in [0.2, 0.25) is 0 Å². The lowest BCUT2D eigenvalue weighted by Gasteiger charge is -2.26. The zero-order chi connectivity index (χ0) is 15.5. The third-order valence-corrected chi connectivity index (χ3v) is 3.75. The number of nitrogens with two attached hydrogens (primary N) is 1. The predicted octanol–water partition coefficient (Wildman–Crippen LogP) is 2.34. The third-order valence-electron chi connectivity index (χ3n) is 3.75. The van der Waals surface area contributed by atoms with Crippen LogP contribution in [-0.4, -0.2) is 24.5 Å². The van der Waals surface area contributed by atoms with E-state index in [9.17, 15) is 4.79 Å². The summed E-state index contributed by atoms with van der Waals surface area (Å²) in [7, 11) is 1.64. The Morgan fingerprint density at radius 3 is 2.62 bits per heavy atom. The third kappa shape index (κ3) is 2.95. The quantitative estimate of drug-likeness (QED) is 0.905. The molecule has 0 radical (unpaired) electrons. The fourth-order valence-electron chi connectivity index (χ4n) is 2.33. The van der Waals surface area contributed by atoms with E-state index in [1.54, 1.807) is 13.2 Å². The molecule has 0 aliphatic heterocycles. The first-order chi connectivity index (χ1) is 10.0. The average Bonchev–Trinajstić information content (AvgIpc) is 2.54. The van der Waals surface area contributed by atoms with Gasteiger partial charge in [0.25, 0.3) is 5.91 Å². The molecule has 1 aromatic heterocycles. The summed E-state index contributed by atoms with van der Waals surface area (Å²) in [6.07, 6.45) is 3.58. The summed E-state index contributed by atoms with van der Waals surface area (Å²) in [6.45, 7) is 4.67. The second-order valence-corrected chi connectivity index (χ2v) is 5.63. The van der Waals surface area contributed by atoms with Gasteiger partial charge >= 0.3 is 0 Å². The van der Waals surface area contributed by atoms with Crippen molar-refractivity contribution in [1.29, 1.82) is 0 Å². The number of carbonyl (C=O) groups excluding carboxylic acids is 1. The molecule has 1 amide bonds. The monoisotopic (exact) mass is 283 g/mol. The summed E-state index contributed by atoms with van der Waals surface area (Å²) < 4.78 is 0. The van der Waals surface area contributed by atoms with Crippen molar-refractivity contribution in [2.24, 2.45) is 5.73 Å². The van der Waals surface area contributed by atoms with Crippen molar-refractivity contribution < 1.29 is 4.79 Å². The molecule has 4 heteroatoms. The predicted molar refractivity (Wildman–Crippen MR) is 85.1 cm³/mol. The Balaban J connectivity index is 2.67. The second kappa shape index (κ2) is 6.06. The summed E-state index contributed by atoms with van der Waals surface area (Å²) in [4.78, 5) is 16.3. The summed E-state index contributed by atoms with van der Waals surface area (Å²) in [5, 5.41) is 2.68. The van der Waals surface area contributed by atoms with Gasteiger partial charge in [0, 0.05) is 37.0 Å². The summed E-state index contributed by atoms with van der Waals surface area (Å²) in [5.74, 6) is -0.0982. The van der Waals surface area contributed by atoms with Gasteiger partial charge in [-0.2, -0.15) is 0 Å². The highest BCUT2D eigenvalue weighted by Gasteiger charge is 2.24. The smallest absolute Gasteiger partial charge is 0.251 e. The minimum Gasteiger partial charge on any atom is -0.355 e. The lowest BCUT2D eigenvalue weighted by Crippen LogP contribution is -2.29. The van der Waals surface area contributed by atoms with Crippen LogP contribution in [-0.2, 0) is 5.41 Å². The lowest BCUT2D eigenvalue weighted by atomic mass is 9.80. The fraction of sp³-hybridized carbons (Fsp3) is 0.294. The molecule has 0 saturated carbocycles. The minimum atomic E-state index is -0.209. The first-order valence-electron chi connectivity index (χ1n) is 6.97. The van der Waals surface area contributed by atoms with Crippen molar-refractivity contribution in [1.82, 2.24) is 10.3 Å². The van der Waals surface area contributed by atoms with Crippen LogP contribution in [0.25, 0.3) is 11.1 Å². The molecule has 3 N–H and O–H groups in total. The van der Waals surface area contributed by atoms with Gasteiger partial charge in [0.1, 0.15) is 0 Å². The van der Waals surface area contributed by atoms with Gasteiger partial charge in [0.05, 0.1) is 0 Å². The summed E-state index contributed by atoms with van der Waals surface area (Å²) in [5.41, 5.74) is 9.29. The fourth-order valence-corrected chi connectivity index (χ4v) is 2.33. The van der Waals surface area contributed by atoms with Crippen LogP contribution >= 0.6 is 0 Å². The van der Waals surface area contributed by atoms with Crippen LogP contribution in [0.1, 0.15) is 29.8 Å². The number of benzene rings is 1. The molecular formula is C17H21N3O. The van der Waals surface area contributed by atoms with Gasteiger partial charge in [-0.15, -0.1) is 0 Å². The molecule has 0 bridgehead atoms. The number of amides is 1. The van der Waals surface area contributed by atoms with Crippen molar-refractivity contribution in [3.8, 4) is 11.1 Å². The van der Waals surface area contributed by atoms with Crippen molar-refractivity contribution in [3.63, 3.8) is 0 Å². The van der Waals surface area contributed by atoms with E-state index in [0.29, 0.717) is 12.1 Å². The largest absolute Gasteiger partial charge is 0.355 e. The molecule has 1 heterocycles. The number of pyridine rings is 1. The van der Waals surface area contributed by atoms with Crippen LogP contribution in [0.4, 0.5) is 0 Å². The Labute approximate surface area is 125 Å². The van der Waals surface area contributed by atoms with E-state index in [1.165, 1.54) is 0 Å². The minimum absolute atomic E-state index is 0.0982. The highest BCUT2D eigenvalue weighted by atomic mass is 16.1. The Morgan fingerprint density at radius 1 is 1.24 bits per heavy atom. The standard InChI is InChI=1S/C17H21N3O/c1-17(2,11-18)15-10-20-9-8-13(15)12-6-4-5-7-14(12)16(21)19-3/h4-10H,11,18H2,1-3H3,(H,19,21). The maximum Gasteiger partial charge on any atom is 0.251 e. The van der Waals surface area contributed by atoms with Crippen molar-refractivity contribution in [3.05, 3.63) is 53.9 Å². The van der Waals surface area contributed by atoms with E-state index in [-0.39, 0.29) is 11.3 Å². The highest BCUT2D eigenvalue weighted by Crippen LogP contribution is 2.33. The number of hydrogen-bond donors (Lipinski definition) is 2. The van der Waals surface area contributed by atoms with E-state index in [1.807, 2.05) is 36.5 Å². The van der Waals surface area contributed by atoms with E-state index >= 15 is 0 Å². The SMILES string of the molecule is CNC(=O)c1ccccc1-c1ccncc1C(C)(C)CN. The maximum absolute atomic E-state index is 12.1. The molecule has 110 valence electrons. The molecule has 0 atom stereocenters. The maximum atomic E-state index is 12.1. The van der Waals surface area contributed by atoms with Crippen LogP contribution in [0, 0.1) is 0 Å². The van der Waals surface area contributed by atoms with Crippen LogP contribution < -0.4 is 11.1 Å². The van der Waals surface area contributed by atoms with E-state index < -0.39 is 0 Å². The molecule has 0 unspecified atom stereocenters. The molecule has 1 aromatic carbocycles. The van der Waals surface area contributed by atoms with E-state index in [0.717, 1.165) is 16.7 Å². The Bertz CT molecular complexity index is 650. The molecule has 0 saturated heterocycles. The van der Waals surface area contributed by atoms with Crippen LogP contribution in [0.5, 0.6) is 0 Å². The molecule has 0 spiro atoms. The number of nitrogens with zero attached hydrogens (tertiary/aromatic N) is 1. The van der Waals surface area contributed by atoms with Crippen LogP contribution in [0.15, 0.2) is 42.7 Å². The number of nitrogens with one attached hydrogen (secondary N) is 1. The van der Waals surface area contributed by atoms with Crippen LogP contribution in [0.2, 0.25) is 0 Å². The molecular weight excluding hydrogens is 262 g/mol. The van der Waals surface area contributed by atoms with Crippen molar-refractivity contribution in [2.45, 2.75) is 19.3 Å². The zero-order valence-electron chi connectivity index (χ0n) is 12.7. The summed E-state index contributed by atoms with van der Waals surface area (Å²) in [6, 6.07) is 9.52. The van der Waals surface area contributed by atoms with E-state index in [2.05, 4.69) is 24.1 Å². The number of rotatable bonds is 4. The summed E-state index contributed by atoms with van der Waals surface area (Å²) >= 11 is 0. The molecule has 0 aliphatic rings. The van der Waals surface area contributed by atoms with Crippen LogP contribution in [0.3, 0.4) is 0 Å².